The number of methoxy groups -OCH3 is 1. The van der Waals surface area contributed by atoms with Crippen molar-refractivity contribution in [2.24, 2.45) is 0 Å². The van der Waals surface area contributed by atoms with Crippen molar-refractivity contribution in [1.29, 1.82) is 0 Å². The summed E-state index contributed by atoms with van der Waals surface area (Å²) in [6.07, 6.45) is 2.16. The molecule has 0 spiro atoms. The predicted molar refractivity (Wildman–Crippen MR) is 131 cm³/mol. The highest BCUT2D eigenvalue weighted by Gasteiger charge is 2.36. The average Bonchev–Trinajstić information content (AvgIpc) is 3.36. The fourth-order valence-electron chi connectivity index (χ4n) is 4.55. The fraction of sp³-hybridized carbons (Fsp3) is 0.308. The first-order chi connectivity index (χ1) is 17.0. The van der Waals surface area contributed by atoms with Crippen LogP contribution in [0, 0.1) is 0 Å². The molecule has 0 radical (unpaired) electrons. The van der Waals surface area contributed by atoms with Crippen LogP contribution in [0.4, 0.5) is 0 Å². The third kappa shape index (κ3) is 4.60. The summed E-state index contributed by atoms with van der Waals surface area (Å²) in [6.45, 7) is 1.37. The third-order valence-corrected chi connectivity index (χ3v) is 6.55. The van der Waals surface area contributed by atoms with Gasteiger partial charge in [-0.05, 0) is 30.5 Å². The van der Waals surface area contributed by atoms with Gasteiger partial charge >= 0.3 is 0 Å². The maximum atomic E-state index is 13.3. The van der Waals surface area contributed by atoms with Gasteiger partial charge in [-0.2, -0.15) is 5.10 Å². The second-order valence-electron chi connectivity index (χ2n) is 8.97. The Kier molecular flexibility index (Phi) is 6.19. The van der Waals surface area contributed by atoms with E-state index in [0.29, 0.717) is 55.0 Å². The first-order valence-electron chi connectivity index (χ1n) is 11.6. The highest BCUT2D eigenvalue weighted by Crippen LogP contribution is 2.27. The molecule has 1 fully saturated rings. The molecule has 2 aromatic carbocycles. The summed E-state index contributed by atoms with van der Waals surface area (Å²) in [5.74, 6) is 0.398. The van der Waals surface area contributed by atoms with Crippen LogP contribution in [0.1, 0.15) is 28.8 Å². The van der Waals surface area contributed by atoms with Crippen molar-refractivity contribution >= 4 is 16.9 Å². The molecular formula is C26H27N5O4. The molecule has 9 heteroatoms. The molecule has 0 saturated carbocycles. The summed E-state index contributed by atoms with van der Waals surface area (Å²) in [5, 5.41) is 18.5. The van der Waals surface area contributed by atoms with E-state index < -0.39 is 5.60 Å². The van der Waals surface area contributed by atoms with Gasteiger partial charge in [0, 0.05) is 31.3 Å². The van der Waals surface area contributed by atoms with E-state index in [4.69, 9.17) is 4.74 Å². The normalized spacial score (nSPS) is 15.4. The maximum absolute atomic E-state index is 13.3. The van der Waals surface area contributed by atoms with E-state index in [1.165, 1.54) is 10.8 Å². The van der Waals surface area contributed by atoms with E-state index in [1.54, 1.807) is 24.1 Å². The number of carbonyl (C=O) groups is 1. The van der Waals surface area contributed by atoms with Gasteiger partial charge in [-0.25, -0.2) is 4.98 Å². The van der Waals surface area contributed by atoms with Crippen molar-refractivity contribution in [2.75, 3.05) is 20.2 Å². The zero-order valence-corrected chi connectivity index (χ0v) is 19.5. The molecule has 4 aromatic rings. The first-order valence-corrected chi connectivity index (χ1v) is 11.6. The molecule has 2 N–H and O–H groups in total. The van der Waals surface area contributed by atoms with E-state index in [-0.39, 0.29) is 18.0 Å². The zero-order valence-electron chi connectivity index (χ0n) is 19.5. The number of aromatic nitrogens is 4. The molecule has 0 bridgehead atoms. The van der Waals surface area contributed by atoms with Crippen LogP contribution in [0.25, 0.3) is 22.4 Å². The molecule has 2 aromatic heterocycles. The van der Waals surface area contributed by atoms with Crippen molar-refractivity contribution in [3.8, 4) is 11.4 Å². The Balaban J connectivity index is 1.36. The van der Waals surface area contributed by atoms with E-state index >= 15 is 0 Å². The monoisotopic (exact) mass is 473 g/mol. The van der Waals surface area contributed by atoms with Gasteiger partial charge in [0.2, 0.25) is 0 Å². The molecule has 1 saturated heterocycles. The highest BCUT2D eigenvalue weighted by molar-refractivity contribution is 5.94. The molecular weight excluding hydrogens is 446 g/mol. The molecule has 3 heterocycles. The van der Waals surface area contributed by atoms with Crippen molar-refractivity contribution in [1.82, 2.24) is 24.6 Å². The van der Waals surface area contributed by atoms with Gasteiger partial charge in [0.15, 0.2) is 5.65 Å². The van der Waals surface area contributed by atoms with Crippen molar-refractivity contribution in [3.05, 3.63) is 82.3 Å². The molecule has 35 heavy (non-hydrogen) atoms. The number of carbonyl (C=O) groups excluding carboxylic acids is 1. The standard InChI is InChI=1S/C26H27N5O4/c1-35-16-18-7-9-20(10-8-18)24(32)30-13-11-26(34,12-14-30)17-31-23(19-5-3-2-4-6-19)28-22-21(25(31)33)15-27-29-22/h2-10,15,34H,11-14,16-17H2,1H3,(H,27,29). The minimum atomic E-state index is -1.15. The number of H-pyrrole nitrogens is 1. The molecule has 180 valence electrons. The van der Waals surface area contributed by atoms with E-state index in [0.717, 1.165) is 11.1 Å². The van der Waals surface area contributed by atoms with Crippen LogP contribution in [-0.2, 0) is 17.9 Å². The zero-order chi connectivity index (χ0) is 24.4. The van der Waals surface area contributed by atoms with E-state index in [1.807, 2.05) is 42.5 Å². The number of benzene rings is 2. The van der Waals surface area contributed by atoms with Crippen LogP contribution >= 0.6 is 0 Å². The number of amides is 1. The molecule has 0 atom stereocenters. The Hall–Kier alpha value is -3.82. The number of hydrogen-bond acceptors (Lipinski definition) is 6. The van der Waals surface area contributed by atoms with Gasteiger partial charge < -0.3 is 14.7 Å². The highest BCUT2D eigenvalue weighted by atomic mass is 16.5. The SMILES string of the molecule is COCc1ccc(C(=O)N2CCC(O)(Cn3c(-c4ccccc4)nc4[nH]ncc4c3=O)CC2)cc1. The first kappa shape index (κ1) is 22.9. The summed E-state index contributed by atoms with van der Waals surface area (Å²) in [4.78, 5) is 32.7. The van der Waals surface area contributed by atoms with Gasteiger partial charge in [0.05, 0.1) is 24.9 Å². The second kappa shape index (κ2) is 9.44. The van der Waals surface area contributed by atoms with Crippen LogP contribution in [-0.4, -0.2) is 61.5 Å². The number of nitrogens with one attached hydrogen (secondary N) is 1. The largest absolute Gasteiger partial charge is 0.388 e. The van der Waals surface area contributed by atoms with Gasteiger partial charge in [-0.3, -0.25) is 19.3 Å². The van der Waals surface area contributed by atoms with Crippen LogP contribution in [0.15, 0.2) is 65.6 Å². The summed E-state index contributed by atoms with van der Waals surface area (Å²) < 4.78 is 6.65. The number of rotatable bonds is 6. The Morgan fingerprint density at radius 1 is 1.11 bits per heavy atom. The number of hydrogen-bond donors (Lipinski definition) is 2. The van der Waals surface area contributed by atoms with E-state index in [2.05, 4.69) is 15.2 Å². The molecule has 1 amide bonds. The molecule has 0 aliphatic carbocycles. The van der Waals surface area contributed by atoms with Gasteiger partial charge in [-0.15, -0.1) is 0 Å². The smallest absolute Gasteiger partial charge is 0.265 e. The maximum Gasteiger partial charge on any atom is 0.265 e. The lowest BCUT2D eigenvalue weighted by molar-refractivity contribution is -0.0296. The number of ether oxygens (including phenoxy) is 1. The minimum Gasteiger partial charge on any atom is -0.388 e. The minimum absolute atomic E-state index is 0.0698. The Morgan fingerprint density at radius 2 is 1.83 bits per heavy atom. The van der Waals surface area contributed by atoms with Crippen LogP contribution < -0.4 is 5.56 Å². The van der Waals surface area contributed by atoms with Crippen molar-refractivity contribution in [2.45, 2.75) is 31.6 Å². The lowest BCUT2D eigenvalue weighted by atomic mass is 9.90. The molecule has 1 aliphatic heterocycles. The lowest BCUT2D eigenvalue weighted by Gasteiger charge is -2.38. The van der Waals surface area contributed by atoms with Crippen LogP contribution in [0.3, 0.4) is 0 Å². The summed E-state index contributed by atoms with van der Waals surface area (Å²) in [7, 11) is 1.63. The van der Waals surface area contributed by atoms with Crippen LogP contribution in [0.5, 0.6) is 0 Å². The number of piperidine rings is 1. The van der Waals surface area contributed by atoms with Gasteiger partial charge in [0.25, 0.3) is 11.5 Å². The third-order valence-electron chi connectivity index (χ3n) is 6.55. The Morgan fingerprint density at radius 3 is 2.51 bits per heavy atom. The quantitative estimate of drug-likeness (QED) is 0.445. The summed E-state index contributed by atoms with van der Waals surface area (Å²) >= 11 is 0. The van der Waals surface area contributed by atoms with E-state index in [9.17, 15) is 14.7 Å². The summed E-state index contributed by atoms with van der Waals surface area (Å²) in [6, 6.07) is 16.8. The number of aliphatic hydroxyl groups is 1. The summed E-state index contributed by atoms with van der Waals surface area (Å²) in [5.41, 5.74) is 1.38. The predicted octanol–water partition coefficient (Wildman–Crippen LogP) is 2.60. The van der Waals surface area contributed by atoms with Crippen molar-refractivity contribution in [3.63, 3.8) is 0 Å². The van der Waals surface area contributed by atoms with Gasteiger partial charge in [0.1, 0.15) is 11.2 Å². The Bertz CT molecular complexity index is 1390. The topological polar surface area (TPSA) is 113 Å². The van der Waals surface area contributed by atoms with Gasteiger partial charge in [-0.1, -0.05) is 42.5 Å². The Labute approximate surface area is 202 Å². The second-order valence-corrected chi connectivity index (χ2v) is 8.97. The van der Waals surface area contributed by atoms with Crippen molar-refractivity contribution < 1.29 is 14.6 Å². The lowest BCUT2D eigenvalue weighted by Crippen LogP contribution is -2.50. The molecule has 9 nitrogen and oxygen atoms in total. The average molecular weight is 474 g/mol. The number of aromatic amines is 1. The number of nitrogens with zero attached hydrogens (tertiary/aromatic N) is 4. The fourth-order valence-corrected chi connectivity index (χ4v) is 4.55. The van der Waals surface area contributed by atoms with Crippen LogP contribution in [0.2, 0.25) is 0 Å². The molecule has 1 aliphatic rings. The number of fused-ring (bicyclic) bond motifs is 1. The molecule has 0 unspecified atom stereocenters. The number of likely N-dealkylation sites (tertiary alicyclic amines) is 1. The molecule has 5 rings (SSSR count).